The number of rotatable bonds is 4. The summed E-state index contributed by atoms with van der Waals surface area (Å²) in [6, 6.07) is 0.260. The average molecular weight is 269 g/mol. The third-order valence-corrected chi connectivity index (χ3v) is 4.51. The second-order valence-electron chi connectivity index (χ2n) is 5.63. The second kappa shape index (κ2) is 7.22. The summed E-state index contributed by atoms with van der Waals surface area (Å²) in [7, 11) is 0. The molecule has 2 rings (SSSR count). The van der Waals surface area contributed by atoms with Crippen LogP contribution in [0.15, 0.2) is 0 Å². The Morgan fingerprint density at radius 2 is 1.89 bits per heavy atom. The molecule has 0 aliphatic carbocycles. The van der Waals surface area contributed by atoms with Gasteiger partial charge in [0.25, 0.3) is 0 Å². The van der Waals surface area contributed by atoms with Crippen LogP contribution in [0.5, 0.6) is 0 Å². The molecule has 0 aromatic rings. The smallest absolute Gasteiger partial charge is 0.225 e. The van der Waals surface area contributed by atoms with Gasteiger partial charge in [0.1, 0.15) is 0 Å². The zero-order valence-electron chi connectivity index (χ0n) is 12.0. The predicted octanol–water partition coefficient (Wildman–Crippen LogP) is -0.0989. The van der Waals surface area contributed by atoms with Crippen molar-refractivity contribution in [3.8, 4) is 0 Å². The Bertz CT molecular complexity index is 280. The summed E-state index contributed by atoms with van der Waals surface area (Å²) in [6.07, 6.45) is 2.93. The Morgan fingerprint density at radius 1 is 1.26 bits per heavy atom. The average Bonchev–Trinajstić information content (AvgIpc) is 2.49. The number of carbonyl (C=O) groups is 1. The summed E-state index contributed by atoms with van der Waals surface area (Å²) >= 11 is 0. The van der Waals surface area contributed by atoms with Crippen molar-refractivity contribution in [1.29, 1.82) is 0 Å². The number of aliphatic hydroxyl groups is 1. The van der Waals surface area contributed by atoms with Crippen LogP contribution in [0.1, 0.15) is 26.2 Å². The molecular formula is C14H27N3O2. The SMILES string of the molecule is CCC(CO)N1CCN(C(=O)C2CCNCC2)CC1. The van der Waals surface area contributed by atoms with Gasteiger partial charge in [-0.3, -0.25) is 9.69 Å². The monoisotopic (exact) mass is 269 g/mol. The molecule has 19 heavy (non-hydrogen) atoms. The summed E-state index contributed by atoms with van der Waals surface area (Å²) in [5, 5.41) is 12.6. The topological polar surface area (TPSA) is 55.8 Å². The lowest BCUT2D eigenvalue weighted by molar-refractivity contribution is -0.138. The molecule has 2 saturated heterocycles. The summed E-state index contributed by atoms with van der Waals surface area (Å²) in [5.74, 6) is 0.575. The summed E-state index contributed by atoms with van der Waals surface area (Å²) in [5.41, 5.74) is 0. The highest BCUT2D eigenvalue weighted by Gasteiger charge is 2.29. The fourth-order valence-corrected chi connectivity index (χ4v) is 3.14. The van der Waals surface area contributed by atoms with Crippen molar-refractivity contribution >= 4 is 5.91 Å². The van der Waals surface area contributed by atoms with Gasteiger partial charge in [-0.25, -0.2) is 0 Å². The molecule has 1 amide bonds. The normalized spacial score (nSPS) is 24.4. The molecule has 2 N–H and O–H groups in total. The molecule has 0 aromatic heterocycles. The van der Waals surface area contributed by atoms with Crippen molar-refractivity contribution in [2.45, 2.75) is 32.2 Å². The Morgan fingerprint density at radius 3 is 2.42 bits per heavy atom. The van der Waals surface area contributed by atoms with E-state index >= 15 is 0 Å². The van der Waals surface area contributed by atoms with Crippen LogP contribution in [-0.2, 0) is 4.79 Å². The molecule has 0 saturated carbocycles. The van der Waals surface area contributed by atoms with Crippen LogP contribution < -0.4 is 5.32 Å². The predicted molar refractivity (Wildman–Crippen MR) is 74.9 cm³/mol. The Kier molecular flexibility index (Phi) is 5.60. The minimum Gasteiger partial charge on any atom is -0.395 e. The van der Waals surface area contributed by atoms with Crippen LogP contribution in [0.3, 0.4) is 0 Å². The zero-order valence-corrected chi connectivity index (χ0v) is 12.0. The second-order valence-corrected chi connectivity index (χ2v) is 5.63. The summed E-state index contributed by atoms with van der Waals surface area (Å²) in [6.45, 7) is 7.70. The van der Waals surface area contributed by atoms with Crippen LogP contribution in [0.4, 0.5) is 0 Å². The first-order valence-corrected chi connectivity index (χ1v) is 7.60. The molecule has 5 heteroatoms. The van der Waals surface area contributed by atoms with Crippen molar-refractivity contribution < 1.29 is 9.90 Å². The number of piperazine rings is 1. The minimum atomic E-state index is 0.221. The first-order chi connectivity index (χ1) is 9.26. The standard InChI is InChI=1S/C14H27N3O2/c1-2-13(11-18)16-7-9-17(10-8-16)14(19)12-3-5-15-6-4-12/h12-13,15,18H,2-11H2,1H3. The van der Waals surface area contributed by atoms with Gasteiger partial charge in [-0.1, -0.05) is 6.92 Å². The van der Waals surface area contributed by atoms with E-state index in [-0.39, 0.29) is 18.6 Å². The van der Waals surface area contributed by atoms with E-state index in [2.05, 4.69) is 17.1 Å². The van der Waals surface area contributed by atoms with Gasteiger partial charge < -0.3 is 15.3 Å². The quantitative estimate of drug-likeness (QED) is 0.748. The number of nitrogens with zero attached hydrogens (tertiary/aromatic N) is 2. The number of amides is 1. The number of hydrogen-bond donors (Lipinski definition) is 2. The maximum atomic E-state index is 12.4. The van der Waals surface area contributed by atoms with Gasteiger partial charge in [0.2, 0.25) is 5.91 Å². The number of hydrogen-bond acceptors (Lipinski definition) is 4. The minimum absolute atomic E-state index is 0.221. The maximum absolute atomic E-state index is 12.4. The highest BCUT2D eigenvalue weighted by molar-refractivity contribution is 5.79. The van der Waals surface area contributed by atoms with E-state index in [9.17, 15) is 9.90 Å². The van der Waals surface area contributed by atoms with Gasteiger partial charge in [-0.05, 0) is 32.4 Å². The molecule has 1 atom stereocenters. The molecule has 0 radical (unpaired) electrons. The van der Waals surface area contributed by atoms with Crippen LogP contribution in [0.25, 0.3) is 0 Å². The van der Waals surface area contributed by atoms with E-state index in [0.29, 0.717) is 5.91 Å². The fraction of sp³-hybridized carbons (Fsp3) is 0.929. The van der Waals surface area contributed by atoms with Gasteiger partial charge in [-0.2, -0.15) is 0 Å². The lowest BCUT2D eigenvalue weighted by atomic mass is 9.96. The fourth-order valence-electron chi connectivity index (χ4n) is 3.14. The first kappa shape index (κ1) is 14.8. The Labute approximate surface area is 115 Å². The van der Waals surface area contributed by atoms with Crippen molar-refractivity contribution in [3.05, 3.63) is 0 Å². The number of nitrogens with one attached hydrogen (secondary N) is 1. The number of piperidine rings is 1. The molecule has 0 bridgehead atoms. The summed E-state index contributed by atoms with van der Waals surface area (Å²) < 4.78 is 0. The van der Waals surface area contributed by atoms with E-state index in [1.807, 2.05) is 4.90 Å². The van der Waals surface area contributed by atoms with Crippen molar-refractivity contribution in [3.63, 3.8) is 0 Å². The van der Waals surface area contributed by atoms with Crippen LogP contribution >= 0.6 is 0 Å². The maximum Gasteiger partial charge on any atom is 0.225 e. The van der Waals surface area contributed by atoms with Crippen LogP contribution in [-0.4, -0.2) is 72.7 Å². The van der Waals surface area contributed by atoms with E-state index in [0.717, 1.165) is 58.5 Å². The van der Waals surface area contributed by atoms with E-state index < -0.39 is 0 Å². The molecule has 2 heterocycles. The molecule has 0 spiro atoms. The lowest BCUT2D eigenvalue weighted by Crippen LogP contribution is -2.54. The number of aliphatic hydroxyl groups excluding tert-OH is 1. The van der Waals surface area contributed by atoms with Crippen molar-refractivity contribution in [2.75, 3.05) is 45.9 Å². The third-order valence-electron chi connectivity index (χ3n) is 4.51. The van der Waals surface area contributed by atoms with Crippen LogP contribution in [0.2, 0.25) is 0 Å². The van der Waals surface area contributed by atoms with Crippen LogP contribution in [0, 0.1) is 5.92 Å². The number of carbonyl (C=O) groups excluding carboxylic acids is 1. The van der Waals surface area contributed by atoms with Gasteiger partial charge in [0.15, 0.2) is 0 Å². The molecule has 0 aromatic carbocycles. The Hall–Kier alpha value is -0.650. The van der Waals surface area contributed by atoms with Gasteiger partial charge >= 0.3 is 0 Å². The first-order valence-electron chi connectivity index (χ1n) is 7.60. The molecule has 2 aliphatic heterocycles. The lowest BCUT2D eigenvalue weighted by Gasteiger charge is -2.40. The largest absolute Gasteiger partial charge is 0.395 e. The highest BCUT2D eigenvalue weighted by Crippen LogP contribution is 2.17. The molecule has 110 valence electrons. The van der Waals surface area contributed by atoms with Gasteiger partial charge in [0, 0.05) is 38.1 Å². The molecule has 2 aliphatic rings. The molecule has 5 nitrogen and oxygen atoms in total. The van der Waals surface area contributed by atoms with E-state index in [1.165, 1.54) is 0 Å². The van der Waals surface area contributed by atoms with E-state index in [4.69, 9.17) is 0 Å². The summed E-state index contributed by atoms with van der Waals surface area (Å²) in [4.78, 5) is 16.7. The third kappa shape index (κ3) is 3.68. The van der Waals surface area contributed by atoms with Crippen molar-refractivity contribution in [2.24, 2.45) is 5.92 Å². The van der Waals surface area contributed by atoms with Crippen molar-refractivity contribution in [1.82, 2.24) is 15.1 Å². The highest BCUT2D eigenvalue weighted by atomic mass is 16.3. The Balaban J connectivity index is 1.80. The molecule has 2 fully saturated rings. The molecule has 1 unspecified atom stereocenters. The zero-order chi connectivity index (χ0) is 13.7. The van der Waals surface area contributed by atoms with Gasteiger partial charge in [-0.15, -0.1) is 0 Å². The molecular weight excluding hydrogens is 242 g/mol. The van der Waals surface area contributed by atoms with Gasteiger partial charge in [0.05, 0.1) is 6.61 Å². The van der Waals surface area contributed by atoms with E-state index in [1.54, 1.807) is 0 Å².